The number of esters is 1. The van der Waals surface area contributed by atoms with Gasteiger partial charge in [0, 0.05) is 5.56 Å². The fourth-order valence-corrected chi connectivity index (χ4v) is 5.71. The lowest BCUT2D eigenvalue weighted by molar-refractivity contribution is -0.139. The van der Waals surface area contributed by atoms with Crippen molar-refractivity contribution >= 4 is 81.9 Å². The maximum atomic E-state index is 12.6. The summed E-state index contributed by atoms with van der Waals surface area (Å²) in [4.78, 5) is 20.1. The average Bonchev–Trinajstić information content (AvgIpc) is 2.77. The summed E-state index contributed by atoms with van der Waals surface area (Å²) in [5, 5.41) is -0.0273. The highest BCUT2D eigenvalue weighted by Crippen LogP contribution is 2.74. The molecular weight excluding hydrogens is 441 g/mol. The number of fused-ring (bicyclic) bond motifs is 2. The molecule has 1 aromatic rings. The number of carbonyl (C=O) groups excluding carboxylic acids is 2. The van der Waals surface area contributed by atoms with Crippen molar-refractivity contribution < 1.29 is 14.3 Å². The Morgan fingerprint density at radius 1 is 1.08 bits per heavy atom. The van der Waals surface area contributed by atoms with Crippen LogP contribution in [0.25, 0.3) is 0 Å². The Kier molecular flexibility index (Phi) is 4.61. The van der Waals surface area contributed by atoms with Crippen LogP contribution in [0, 0.1) is 5.92 Å². The predicted octanol–water partition coefficient (Wildman–Crippen LogP) is 5.26. The van der Waals surface area contributed by atoms with Crippen molar-refractivity contribution in [2.24, 2.45) is 5.92 Å². The van der Waals surface area contributed by atoms with E-state index in [9.17, 15) is 9.59 Å². The first-order chi connectivity index (χ1) is 11.1. The maximum Gasteiger partial charge on any atom is 0.316 e. The second kappa shape index (κ2) is 5.94. The highest BCUT2D eigenvalue weighted by molar-refractivity contribution is 6.66. The average molecular weight is 449 g/mol. The van der Waals surface area contributed by atoms with Crippen molar-refractivity contribution in [2.75, 3.05) is 0 Å². The van der Waals surface area contributed by atoms with Crippen LogP contribution in [-0.2, 0) is 4.79 Å². The van der Waals surface area contributed by atoms with Gasteiger partial charge in [-0.15, -0.1) is 23.2 Å². The molecule has 0 saturated heterocycles. The van der Waals surface area contributed by atoms with Crippen LogP contribution in [0.1, 0.15) is 16.8 Å². The topological polar surface area (TPSA) is 43.4 Å². The summed E-state index contributed by atoms with van der Waals surface area (Å²) < 4.78 is 3.52. The van der Waals surface area contributed by atoms with E-state index in [0.717, 1.165) is 0 Å². The normalized spacial score (nSPS) is 33.7. The molecule has 0 aliphatic heterocycles. The molecule has 3 nitrogen and oxygen atoms in total. The van der Waals surface area contributed by atoms with Gasteiger partial charge in [0.1, 0.15) is 21.8 Å². The van der Waals surface area contributed by atoms with E-state index in [1.165, 1.54) is 24.3 Å². The highest BCUT2D eigenvalue weighted by atomic mass is 35.5. The molecule has 1 saturated carbocycles. The lowest BCUT2D eigenvalue weighted by atomic mass is 9.92. The van der Waals surface area contributed by atoms with E-state index in [2.05, 4.69) is 0 Å². The second-order valence-corrected chi connectivity index (χ2v) is 8.90. The SMILES string of the molecule is O=Cc1ccc(OC(=O)[C@H]2C[C@@]3(Cl)C(Cl)=C(Cl)[C@@]2(Cl)C3(Cl)Cl)cc1. The van der Waals surface area contributed by atoms with Crippen LogP contribution in [0.5, 0.6) is 5.75 Å². The quantitative estimate of drug-likeness (QED) is 0.274. The summed E-state index contributed by atoms with van der Waals surface area (Å²) in [5.74, 6) is -1.45. The minimum Gasteiger partial charge on any atom is -0.426 e. The molecule has 0 N–H and O–H groups in total. The van der Waals surface area contributed by atoms with Gasteiger partial charge < -0.3 is 4.74 Å². The molecule has 0 radical (unpaired) electrons. The van der Waals surface area contributed by atoms with Gasteiger partial charge in [-0.3, -0.25) is 9.59 Å². The van der Waals surface area contributed by atoms with E-state index in [0.29, 0.717) is 11.8 Å². The van der Waals surface area contributed by atoms with Gasteiger partial charge in [-0.2, -0.15) is 0 Å². The Labute approximate surface area is 167 Å². The minimum atomic E-state index is -1.78. The molecule has 0 aromatic heterocycles. The first-order valence-electron chi connectivity index (χ1n) is 6.68. The third kappa shape index (κ3) is 2.26. The van der Waals surface area contributed by atoms with Crippen LogP contribution in [0.4, 0.5) is 0 Å². The zero-order valence-electron chi connectivity index (χ0n) is 11.7. The Morgan fingerprint density at radius 2 is 1.67 bits per heavy atom. The zero-order chi connectivity index (χ0) is 17.9. The molecule has 0 unspecified atom stereocenters. The number of alkyl halides is 4. The van der Waals surface area contributed by atoms with E-state index in [-0.39, 0.29) is 22.2 Å². The second-order valence-electron chi connectivity index (χ2n) is 5.58. The standard InChI is InChI=1S/C15H8Cl6O3/c16-10-11(17)14(19)9(5-13(10,18)15(14,20)21)12(23)24-8-3-1-7(6-22)2-4-8/h1-4,6,9H,5H2/t9-,13-,14-/m1/s1. The first kappa shape index (κ1) is 18.6. The van der Waals surface area contributed by atoms with Gasteiger partial charge in [-0.25, -0.2) is 0 Å². The Hall–Kier alpha value is -0.160. The highest BCUT2D eigenvalue weighted by Gasteiger charge is 2.80. The number of benzene rings is 1. The molecule has 3 atom stereocenters. The van der Waals surface area contributed by atoms with Crippen molar-refractivity contribution in [3.8, 4) is 5.75 Å². The van der Waals surface area contributed by atoms with Crippen molar-refractivity contribution in [3.63, 3.8) is 0 Å². The summed E-state index contributed by atoms with van der Waals surface area (Å²) in [6.45, 7) is 0. The number of hydrogen-bond donors (Lipinski definition) is 0. The van der Waals surface area contributed by atoms with E-state index in [1.807, 2.05) is 0 Å². The molecule has 2 bridgehead atoms. The van der Waals surface area contributed by atoms with Gasteiger partial charge >= 0.3 is 5.97 Å². The number of allylic oxidation sites excluding steroid dienone is 2. The lowest BCUT2D eigenvalue weighted by Gasteiger charge is -2.32. The smallest absolute Gasteiger partial charge is 0.316 e. The third-order valence-corrected chi connectivity index (χ3v) is 8.58. The van der Waals surface area contributed by atoms with Gasteiger partial charge in [0.2, 0.25) is 0 Å². The van der Waals surface area contributed by atoms with Crippen molar-refractivity contribution in [3.05, 3.63) is 39.9 Å². The van der Waals surface area contributed by atoms with E-state index < -0.39 is 26.0 Å². The lowest BCUT2D eigenvalue weighted by Crippen LogP contribution is -2.46. The van der Waals surface area contributed by atoms with E-state index >= 15 is 0 Å². The van der Waals surface area contributed by atoms with Crippen LogP contribution in [0.3, 0.4) is 0 Å². The van der Waals surface area contributed by atoms with Crippen molar-refractivity contribution in [1.29, 1.82) is 0 Å². The summed E-state index contributed by atoms with van der Waals surface area (Å²) in [6.07, 6.45) is 0.653. The molecule has 9 heteroatoms. The molecular formula is C15H8Cl6O3. The summed E-state index contributed by atoms with van der Waals surface area (Å²) in [5.41, 5.74) is 0.446. The molecule has 2 aliphatic rings. The minimum absolute atomic E-state index is 0.0225. The first-order valence-corrected chi connectivity index (χ1v) is 8.95. The number of halogens is 6. The van der Waals surface area contributed by atoms with Crippen LogP contribution in [0.2, 0.25) is 0 Å². The Bertz CT molecular complexity index is 759. The fraction of sp³-hybridized carbons (Fsp3) is 0.333. The summed E-state index contributed by atoms with van der Waals surface area (Å²) >= 11 is 37.9. The number of rotatable bonds is 3. The number of ether oxygens (including phenoxy) is 1. The molecule has 128 valence electrons. The number of carbonyl (C=O) groups is 2. The summed E-state index contributed by atoms with van der Waals surface area (Å²) in [7, 11) is 0. The number of aldehydes is 1. The monoisotopic (exact) mass is 446 g/mol. The van der Waals surface area contributed by atoms with Gasteiger partial charge in [0.15, 0.2) is 4.33 Å². The predicted molar refractivity (Wildman–Crippen MR) is 95.9 cm³/mol. The fourth-order valence-electron chi connectivity index (χ4n) is 2.96. The van der Waals surface area contributed by atoms with Crippen LogP contribution >= 0.6 is 69.6 Å². The Balaban J connectivity index is 1.91. The zero-order valence-corrected chi connectivity index (χ0v) is 16.2. The van der Waals surface area contributed by atoms with Crippen LogP contribution in [0.15, 0.2) is 34.3 Å². The Morgan fingerprint density at radius 3 is 2.12 bits per heavy atom. The molecule has 2 aliphatic carbocycles. The molecule has 1 fully saturated rings. The summed E-state index contributed by atoms with van der Waals surface area (Å²) in [6, 6.07) is 5.97. The van der Waals surface area contributed by atoms with E-state index in [4.69, 9.17) is 74.3 Å². The van der Waals surface area contributed by atoms with Crippen LogP contribution < -0.4 is 4.74 Å². The molecule has 0 spiro atoms. The van der Waals surface area contributed by atoms with Crippen molar-refractivity contribution in [2.45, 2.75) is 20.5 Å². The molecule has 0 heterocycles. The van der Waals surface area contributed by atoms with Gasteiger partial charge in [0.25, 0.3) is 0 Å². The van der Waals surface area contributed by atoms with Crippen LogP contribution in [-0.4, -0.2) is 26.3 Å². The molecule has 3 rings (SSSR count). The van der Waals surface area contributed by atoms with Gasteiger partial charge in [0.05, 0.1) is 16.0 Å². The third-order valence-electron chi connectivity index (χ3n) is 4.30. The molecule has 0 amide bonds. The van der Waals surface area contributed by atoms with Crippen molar-refractivity contribution in [1.82, 2.24) is 0 Å². The number of hydrogen-bond acceptors (Lipinski definition) is 3. The van der Waals surface area contributed by atoms with Gasteiger partial charge in [-0.05, 0) is 30.7 Å². The largest absolute Gasteiger partial charge is 0.426 e. The maximum absolute atomic E-state index is 12.6. The van der Waals surface area contributed by atoms with E-state index in [1.54, 1.807) is 0 Å². The molecule has 24 heavy (non-hydrogen) atoms. The van der Waals surface area contributed by atoms with Gasteiger partial charge in [-0.1, -0.05) is 46.4 Å². The molecule has 1 aromatic carbocycles.